The monoisotopic (exact) mass is 345 g/mol. The number of aromatic nitrogens is 2. The Kier molecular flexibility index (Phi) is 4.60. The molecule has 0 amide bonds. The second kappa shape index (κ2) is 6.84. The Balaban J connectivity index is 2.03. The van der Waals surface area contributed by atoms with Gasteiger partial charge in [-0.1, -0.05) is 13.3 Å². The molecule has 0 spiro atoms. The molecule has 0 bridgehead atoms. The fourth-order valence-electron chi connectivity index (χ4n) is 2.61. The summed E-state index contributed by atoms with van der Waals surface area (Å²) in [7, 11) is 0. The van der Waals surface area contributed by atoms with Crippen molar-refractivity contribution in [3.05, 3.63) is 44.6 Å². The van der Waals surface area contributed by atoms with Crippen LogP contribution < -0.4 is 20.7 Å². The Morgan fingerprint density at radius 3 is 2.84 bits per heavy atom. The van der Waals surface area contributed by atoms with Crippen LogP contribution in [-0.2, 0) is 6.54 Å². The standard InChI is InChI=1S/C17H19N3O5/c1-3-4-7-20-16(22)14(15(21)19-17(20)23)10(2)18-11-5-6-12-13(8-11)25-9-24-12/h5-6,8,22H,3-4,7,9H2,1-2H3,(H,19,21,23). The van der Waals surface area contributed by atoms with Crippen molar-refractivity contribution >= 4 is 11.4 Å². The summed E-state index contributed by atoms with van der Waals surface area (Å²) < 4.78 is 11.7. The highest BCUT2D eigenvalue weighted by molar-refractivity contribution is 6.01. The maximum atomic E-state index is 12.2. The smallest absolute Gasteiger partial charge is 0.331 e. The van der Waals surface area contributed by atoms with Crippen molar-refractivity contribution < 1.29 is 14.6 Å². The zero-order chi connectivity index (χ0) is 18.0. The summed E-state index contributed by atoms with van der Waals surface area (Å²) in [6.45, 7) is 4.05. The van der Waals surface area contributed by atoms with Crippen LogP contribution in [0.5, 0.6) is 17.4 Å². The average molecular weight is 345 g/mol. The van der Waals surface area contributed by atoms with E-state index in [0.717, 1.165) is 11.0 Å². The van der Waals surface area contributed by atoms with Crippen molar-refractivity contribution in [3.63, 3.8) is 0 Å². The zero-order valence-corrected chi connectivity index (χ0v) is 14.0. The number of fused-ring (bicyclic) bond motifs is 1. The predicted molar refractivity (Wildman–Crippen MR) is 92.3 cm³/mol. The molecule has 1 aromatic carbocycles. The summed E-state index contributed by atoms with van der Waals surface area (Å²) in [6, 6.07) is 5.13. The molecule has 0 radical (unpaired) electrons. The lowest BCUT2D eigenvalue weighted by Crippen LogP contribution is -2.33. The van der Waals surface area contributed by atoms with Crippen molar-refractivity contribution in [2.45, 2.75) is 33.2 Å². The maximum absolute atomic E-state index is 12.2. The Labute approximate surface area is 143 Å². The molecule has 8 nitrogen and oxygen atoms in total. The molecule has 2 aromatic rings. The van der Waals surface area contributed by atoms with Gasteiger partial charge in [0.1, 0.15) is 5.56 Å². The van der Waals surface area contributed by atoms with E-state index < -0.39 is 11.2 Å². The van der Waals surface area contributed by atoms with E-state index in [-0.39, 0.29) is 18.2 Å². The second-order valence-electron chi connectivity index (χ2n) is 5.70. The van der Waals surface area contributed by atoms with Gasteiger partial charge in [-0.25, -0.2) is 4.79 Å². The SMILES string of the molecule is CCCCn1c(O)c(C(C)=Nc2ccc3c(c2)OCO3)c(=O)[nH]c1=O. The van der Waals surface area contributed by atoms with E-state index in [1.807, 2.05) is 6.92 Å². The van der Waals surface area contributed by atoms with Gasteiger partial charge in [0.05, 0.1) is 11.4 Å². The lowest BCUT2D eigenvalue weighted by molar-refractivity contribution is 0.174. The van der Waals surface area contributed by atoms with Crippen LogP contribution in [0.2, 0.25) is 0 Å². The van der Waals surface area contributed by atoms with E-state index in [1.165, 1.54) is 0 Å². The van der Waals surface area contributed by atoms with E-state index in [9.17, 15) is 14.7 Å². The molecule has 3 rings (SSSR count). The highest BCUT2D eigenvalue weighted by Crippen LogP contribution is 2.35. The number of hydrogen-bond donors (Lipinski definition) is 2. The number of unbranched alkanes of at least 4 members (excludes halogenated alkanes) is 1. The first kappa shape index (κ1) is 16.8. The minimum atomic E-state index is -0.669. The number of ether oxygens (including phenoxy) is 2. The third-order valence-electron chi connectivity index (χ3n) is 3.92. The molecular formula is C17H19N3O5. The molecule has 0 saturated heterocycles. The Morgan fingerprint density at radius 1 is 1.32 bits per heavy atom. The summed E-state index contributed by atoms with van der Waals surface area (Å²) in [5.41, 5.74) is -0.476. The molecule has 1 aromatic heterocycles. The van der Waals surface area contributed by atoms with Crippen LogP contribution in [0.3, 0.4) is 0 Å². The van der Waals surface area contributed by atoms with E-state index in [4.69, 9.17) is 9.47 Å². The first-order valence-electron chi connectivity index (χ1n) is 8.02. The number of benzene rings is 1. The molecule has 0 atom stereocenters. The quantitative estimate of drug-likeness (QED) is 0.805. The lowest BCUT2D eigenvalue weighted by Gasteiger charge is -2.11. The highest BCUT2D eigenvalue weighted by Gasteiger charge is 2.17. The van der Waals surface area contributed by atoms with E-state index >= 15 is 0 Å². The Hall–Kier alpha value is -3.03. The van der Waals surface area contributed by atoms with Crippen LogP contribution in [0.4, 0.5) is 5.69 Å². The number of nitrogens with one attached hydrogen (secondary N) is 1. The largest absolute Gasteiger partial charge is 0.494 e. The van der Waals surface area contributed by atoms with Gasteiger partial charge >= 0.3 is 5.69 Å². The molecule has 0 unspecified atom stereocenters. The molecule has 2 N–H and O–H groups in total. The third kappa shape index (κ3) is 3.28. The van der Waals surface area contributed by atoms with Gasteiger partial charge in [0.15, 0.2) is 11.5 Å². The number of aromatic amines is 1. The molecule has 1 aliphatic heterocycles. The Morgan fingerprint density at radius 2 is 2.08 bits per heavy atom. The fraction of sp³-hybridized carbons (Fsp3) is 0.353. The molecule has 0 saturated carbocycles. The zero-order valence-electron chi connectivity index (χ0n) is 14.0. The molecule has 8 heteroatoms. The first-order chi connectivity index (χ1) is 12.0. The normalized spacial score (nSPS) is 13.3. The number of aromatic hydroxyl groups is 1. The van der Waals surface area contributed by atoms with Gasteiger partial charge in [0.25, 0.3) is 5.56 Å². The summed E-state index contributed by atoms with van der Waals surface area (Å²) >= 11 is 0. The number of nitrogens with zero attached hydrogens (tertiary/aromatic N) is 2. The van der Waals surface area contributed by atoms with E-state index in [1.54, 1.807) is 25.1 Å². The molecule has 1 aliphatic rings. The van der Waals surface area contributed by atoms with Crippen molar-refractivity contribution in [1.82, 2.24) is 9.55 Å². The number of aliphatic imine (C=N–C) groups is 1. The van der Waals surface area contributed by atoms with Crippen LogP contribution in [-0.4, -0.2) is 27.2 Å². The summed E-state index contributed by atoms with van der Waals surface area (Å²) in [6.07, 6.45) is 1.56. The van der Waals surface area contributed by atoms with Gasteiger partial charge < -0.3 is 14.6 Å². The molecule has 0 aliphatic carbocycles. The van der Waals surface area contributed by atoms with Gasteiger partial charge in [0.2, 0.25) is 12.7 Å². The van der Waals surface area contributed by atoms with Crippen molar-refractivity contribution in [1.29, 1.82) is 0 Å². The van der Waals surface area contributed by atoms with E-state index in [2.05, 4.69) is 9.98 Å². The molecule has 2 heterocycles. The van der Waals surface area contributed by atoms with Crippen molar-refractivity contribution in [3.8, 4) is 17.4 Å². The molecule has 0 fully saturated rings. The first-order valence-corrected chi connectivity index (χ1v) is 8.02. The topological polar surface area (TPSA) is 106 Å². The number of H-pyrrole nitrogens is 1. The maximum Gasteiger partial charge on any atom is 0.331 e. The van der Waals surface area contributed by atoms with Gasteiger partial charge in [0, 0.05) is 12.6 Å². The summed E-state index contributed by atoms with van der Waals surface area (Å²) in [5, 5.41) is 10.4. The van der Waals surface area contributed by atoms with Crippen LogP contribution in [0.1, 0.15) is 32.3 Å². The molecule has 132 valence electrons. The fourth-order valence-corrected chi connectivity index (χ4v) is 2.61. The van der Waals surface area contributed by atoms with Crippen LogP contribution in [0, 0.1) is 0 Å². The molecular weight excluding hydrogens is 326 g/mol. The summed E-state index contributed by atoms with van der Waals surface area (Å²) in [4.78, 5) is 30.7. The minimum Gasteiger partial charge on any atom is -0.494 e. The van der Waals surface area contributed by atoms with Crippen LogP contribution >= 0.6 is 0 Å². The average Bonchev–Trinajstić information content (AvgIpc) is 3.02. The number of hydrogen-bond acceptors (Lipinski definition) is 6. The number of rotatable bonds is 5. The van der Waals surface area contributed by atoms with Crippen LogP contribution in [0.25, 0.3) is 0 Å². The van der Waals surface area contributed by atoms with Gasteiger partial charge in [-0.05, 0) is 25.5 Å². The lowest BCUT2D eigenvalue weighted by atomic mass is 10.2. The van der Waals surface area contributed by atoms with Crippen LogP contribution in [0.15, 0.2) is 32.8 Å². The van der Waals surface area contributed by atoms with E-state index in [0.29, 0.717) is 35.9 Å². The van der Waals surface area contributed by atoms with Gasteiger partial charge in [-0.3, -0.25) is 19.3 Å². The minimum absolute atomic E-state index is 0.0200. The predicted octanol–water partition coefficient (Wildman–Crippen LogP) is 1.91. The van der Waals surface area contributed by atoms with Gasteiger partial charge in [-0.2, -0.15) is 0 Å². The van der Waals surface area contributed by atoms with Gasteiger partial charge in [-0.15, -0.1) is 0 Å². The summed E-state index contributed by atoms with van der Waals surface area (Å²) in [5.74, 6) is 0.828. The highest BCUT2D eigenvalue weighted by atomic mass is 16.7. The third-order valence-corrected chi connectivity index (χ3v) is 3.92. The second-order valence-corrected chi connectivity index (χ2v) is 5.70. The van der Waals surface area contributed by atoms with Crippen molar-refractivity contribution in [2.24, 2.45) is 4.99 Å². The molecule has 25 heavy (non-hydrogen) atoms. The Bertz CT molecular complexity index is 942. The van der Waals surface area contributed by atoms with Crippen molar-refractivity contribution in [2.75, 3.05) is 6.79 Å².